The van der Waals surface area contributed by atoms with Crippen molar-refractivity contribution in [3.05, 3.63) is 45.6 Å². The lowest BCUT2D eigenvalue weighted by molar-refractivity contribution is -0.129. The molecule has 7 heteroatoms. The minimum atomic E-state index is -0.867. The zero-order valence-electron chi connectivity index (χ0n) is 13.3. The summed E-state index contributed by atoms with van der Waals surface area (Å²) in [6.45, 7) is 3.98. The predicted molar refractivity (Wildman–Crippen MR) is 88.3 cm³/mol. The van der Waals surface area contributed by atoms with E-state index in [4.69, 9.17) is 14.2 Å². The molecule has 3 rings (SSSR count). The second-order valence-electron chi connectivity index (χ2n) is 5.36. The second kappa shape index (κ2) is 6.92. The Hall–Kier alpha value is -2.54. The van der Waals surface area contributed by atoms with Gasteiger partial charge in [0.2, 0.25) is 6.79 Å². The van der Waals surface area contributed by atoms with Crippen molar-refractivity contribution in [3.63, 3.8) is 0 Å². The van der Waals surface area contributed by atoms with Gasteiger partial charge in [-0.2, -0.15) is 0 Å². The van der Waals surface area contributed by atoms with Crippen LogP contribution in [0, 0.1) is 6.92 Å². The number of hydrogen-bond donors (Lipinski definition) is 1. The van der Waals surface area contributed by atoms with Crippen LogP contribution in [0.1, 0.15) is 27.0 Å². The molecule has 1 atom stereocenters. The highest BCUT2D eigenvalue weighted by atomic mass is 32.1. The van der Waals surface area contributed by atoms with Crippen LogP contribution in [0.2, 0.25) is 0 Å². The van der Waals surface area contributed by atoms with Crippen LogP contribution in [0.25, 0.3) is 0 Å². The number of carbonyl (C=O) groups excluding carboxylic acids is 2. The van der Waals surface area contributed by atoms with Crippen LogP contribution >= 0.6 is 11.3 Å². The third-order valence-electron chi connectivity index (χ3n) is 3.50. The van der Waals surface area contributed by atoms with Crippen molar-refractivity contribution in [2.75, 3.05) is 6.79 Å². The molecule has 1 N–H and O–H groups in total. The number of thiophene rings is 1. The Bertz CT molecular complexity index is 770. The molecule has 1 unspecified atom stereocenters. The van der Waals surface area contributed by atoms with Crippen LogP contribution in [0.5, 0.6) is 11.5 Å². The molecule has 0 spiro atoms. The largest absolute Gasteiger partial charge is 0.454 e. The van der Waals surface area contributed by atoms with Crippen LogP contribution < -0.4 is 14.8 Å². The van der Waals surface area contributed by atoms with Gasteiger partial charge in [0.15, 0.2) is 17.6 Å². The quantitative estimate of drug-likeness (QED) is 0.842. The van der Waals surface area contributed by atoms with Gasteiger partial charge >= 0.3 is 5.97 Å². The van der Waals surface area contributed by atoms with E-state index in [0.29, 0.717) is 22.9 Å². The van der Waals surface area contributed by atoms with Gasteiger partial charge in [-0.05, 0) is 43.7 Å². The Labute approximate surface area is 143 Å². The summed E-state index contributed by atoms with van der Waals surface area (Å²) in [6, 6.07) is 8.99. The van der Waals surface area contributed by atoms with Crippen LogP contribution in [-0.2, 0) is 16.1 Å². The Kier molecular flexibility index (Phi) is 4.71. The van der Waals surface area contributed by atoms with Crippen molar-refractivity contribution in [2.24, 2.45) is 0 Å². The molecule has 0 bridgehead atoms. The molecule has 1 aromatic carbocycles. The molecule has 2 aromatic rings. The topological polar surface area (TPSA) is 73.9 Å². The highest BCUT2D eigenvalue weighted by Crippen LogP contribution is 2.32. The van der Waals surface area contributed by atoms with E-state index in [1.54, 1.807) is 19.1 Å². The van der Waals surface area contributed by atoms with E-state index in [1.807, 2.05) is 25.1 Å². The number of benzene rings is 1. The molecule has 0 aliphatic carbocycles. The molecular weight excluding hydrogens is 330 g/mol. The van der Waals surface area contributed by atoms with E-state index in [2.05, 4.69) is 5.32 Å². The van der Waals surface area contributed by atoms with Crippen molar-refractivity contribution in [1.82, 2.24) is 5.32 Å². The molecule has 1 aliphatic rings. The molecule has 1 aliphatic heterocycles. The van der Waals surface area contributed by atoms with Gasteiger partial charge in [0.25, 0.3) is 5.91 Å². The first-order valence-electron chi connectivity index (χ1n) is 7.46. The fraction of sp³-hybridized carbons (Fsp3) is 0.294. The summed E-state index contributed by atoms with van der Waals surface area (Å²) < 4.78 is 15.7. The van der Waals surface area contributed by atoms with Gasteiger partial charge in [-0.25, -0.2) is 4.79 Å². The van der Waals surface area contributed by atoms with E-state index < -0.39 is 12.1 Å². The third-order valence-corrected chi connectivity index (χ3v) is 4.48. The lowest BCUT2D eigenvalue weighted by Gasteiger charge is -2.13. The lowest BCUT2D eigenvalue weighted by atomic mass is 10.2. The molecular formula is C17H17NO5S. The Morgan fingerprint density at radius 1 is 1.25 bits per heavy atom. The normalized spacial score (nSPS) is 13.4. The van der Waals surface area contributed by atoms with E-state index in [9.17, 15) is 9.59 Å². The number of nitrogens with one attached hydrogen (secondary N) is 1. The SMILES string of the molecule is Cc1ccc(C(=O)OC(C)C(=O)NCc2ccc3c(c2)OCO3)s1. The maximum atomic E-state index is 12.1. The number of esters is 1. The molecule has 0 radical (unpaired) electrons. The average molecular weight is 347 g/mol. The first kappa shape index (κ1) is 16.3. The highest BCUT2D eigenvalue weighted by Gasteiger charge is 2.20. The Morgan fingerprint density at radius 3 is 2.79 bits per heavy atom. The van der Waals surface area contributed by atoms with E-state index in [1.165, 1.54) is 11.3 Å². The summed E-state index contributed by atoms with van der Waals surface area (Å²) in [6.07, 6.45) is -0.867. The van der Waals surface area contributed by atoms with Gasteiger partial charge in [-0.15, -0.1) is 11.3 Å². The number of rotatable bonds is 5. The van der Waals surface area contributed by atoms with Gasteiger partial charge in [-0.3, -0.25) is 4.79 Å². The number of amides is 1. The number of aryl methyl sites for hydroxylation is 1. The first-order chi connectivity index (χ1) is 11.5. The second-order valence-corrected chi connectivity index (χ2v) is 6.65. The fourth-order valence-electron chi connectivity index (χ4n) is 2.20. The molecule has 1 amide bonds. The van der Waals surface area contributed by atoms with Gasteiger partial charge in [-0.1, -0.05) is 6.07 Å². The number of fused-ring (bicyclic) bond motifs is 1. The van der Waals surface area contributed by atoms with E-state index >= 15 is 0 Å². The molecule has 1 aromatic heterocycles. The van der Waals surface area contributed by atoms with Gasteiger partial charge in [0.05, 0.1) is 0 Å². The Morgan fingerprint density at radius 2 is 2.04 bits per heavy atom. The standard InChI is InChI=1S/C17H17NO5S/c1-10-3-6-15(24-10)17(20)23-11(2)16(19)18-8-12-4-5-13-14(7-12)22-9-21-13/h3-7,11H,8-9H2,1-2H3,(H,18,19). The first-order valence-corrected chi connectivity index (χ1v) is 8.28. The summed E-state index contributed by atoms with van der Waals surface area (Å²) >= 11 is 1.34. The summed E-state index contributed by atoms with van der Waals surface area (Å²) in [5, 5.41) is 2.74. The highest BCUT2D eigenvalue weighted by molar-refractivity contribution is 7.13. The lowest BCUT2D eigenvalue weighted by Crippen LogP contribution is -2.35. The number of hydrogen-bond acceptors (Lipinski definition) is 6. The fourth-order valence-corrected chi connectivity index (χ4v) is 2.95. The van der Waals surface area contributed by atoms with Crippen molar-refractivity contribution in [1.29, 1.82) is 0 Å². The third kappa shape index (κ3) is 3.68. The van der Waals surface area contributed by atoms with E-state index in [-0.39, 0.29) is 12.7 Å². The summed E-state index contributed by atoms with van der Waals surface area (Å²) in [5.74, 6) is 0.515. The maximum absolute atomic E-state index is 12.1. The molecule has 0 saturated heterocycles. The van der Waals surface area contributed by atoms with Crippen molar-refractivity contribution in [2.45, 2.75) is 26.5 Å². The van der Waals surface area contributed by atoms with Gasteiger partial charge < -0.3 is 19.5 Å². The number of ether oxygens (including phenoxy) is 3. The van der Waals surface area contributed by atoms with Crippen molar-refractivity contribution in [3.8, 4) is 11.5 Å². The van der Waals surface area contributed by atoms with Crippen LogP contribution in [0.4, 0.5) is 0 Å². The zero-order chi connectivity index (χ0) is 17.1. The molecule has 2 heterocycles. The molecule has 126 valence electrons. The summed E-state index contributed by atoms with van der Waals surface area (Å²) in [4.78, 5) is 25.5. The van der Waals surface area contributed by atoms with Gasteiger partial charge in [0.1, 0.15) is 4.88 Å². The van der Waals surface area contributed by atoms with Gasteiger partial charge in [0, 0.05) is 11.4 Å². The van der Waals surface area contributed by atoms with Crippen molar-refractivity contribution >= 4 is 23.2 Å². The minimum Gasteiger partial charge on any atom is -0.454 e. The van der Waals surface area contributed by atoms with E-state index in [0.717, 1.165) is 10.4 Å². The smallest absolute Gasteiger partial charge is 0.349 e. The maximum Gasteiger partial charge on any atom is 0.349 e. The molecule has 0 saturated carbocycles. The van der Waals surface area contributed by atoms with Crippen LogP contribution in [-0.4, -0.2) is 24.8 Å². The zero-order valence-corrected chi connectivity index (χ0v) is 14.1. The summed E-state index contributed by atoms with van der Waals surface area (Å²) in [5.41, 5.74) is 0.875. The minimum absolute atomic E-state index is 0.209. The van der Waals surface area contributed by atoms with Crippen LogP contribution in [0.3, 0.4) is 0 Å². The average Bonchev–Trinajstić information content (AvgIpc) is 3.20. The molecule has 6 nitrogen and oxygen atoms in total. The van der Waals surface area contributed by atoms with Crippen LogP contribution in [0.15, 0.2) is 30.3 Å². The Balaban J connectivity index is 1.52. The monoisotopic (exact) mass is 347 g/mol. The summed E-state index contributed by atoms with van der Waals surface area (Å²) in [7, 11) is 0. The molecule has 0 fully saturated rings. The predicted octanol–water partition coefficient (Wildman–Crippen LogP) is 2.65. The number of carbonyl (C=O) groups is 2. The molecule has 24 heavy (non-hydrogen) atoms. The van der Waals surface area contributed by atoms with Crippen molar-refractivity contribution < 1.29 is 23.8 Å².